The molecular weight excluding hydrogens is 364 g/mol. The summed E-state index contributed by atoms with van der Waals surface area (Å²) in [6, 6.07) is 15.9. The summed E-state index contributed by atoms with van der Waals surface area (Å²) >= 11 is 0. The highest BCUT2D eigenvalue weighted by Crippen LogP contribution is 2.42. The van der Waals surface area contributed by atoms with Crippen LogP contribution in [0.1, 0.15) is 55.7 Å². The van der Waals surface area contributed by atoms with Gasteiger partial charge >= 0.3 is 5.97 Å². The number of rotatable bonds is 6. The van der Waals surface area contributed by atoms with E-state index in [1.165, 1.54) is 5.56 Å². The van der Waals surface area contributed by atoms with Gasteiger partial charge in [0, 0.05) is 11.5 Å². The number of ether oxygens (including phenoxy) is 2. The number of para-hydroxylation sites is 1. The van der Waals surface area contributed by atoms with Gasteiger partial charge in [-0.1, -0.05) is 56.3 Å². The Morgan fingerprint density at radius 2 is 1.79 bits per heavy atom. The van der Waals surface area contributed by atoms with Crippen LogP contribution in [0, 0.1) is 5.92 Å². The molecule has 3 rings (SSSR count). The summed E-state index contributed by atoms with van der Waals surface area (Å²) in [5.41, 5.74) is 3.96. The zero-order valence-corrected chi connectivity index (χ0v) is 17.5. The predicted octanol–water partition coefficient (Wildman–Crippen LogP) is 5.14. The van der Waals surface area contributed by atoms with Gasteiger partial charge in [-0.3, -0.25) is 9.59 Å². The van der Waals surface area contributed by atoms with E-state index in [0.717, 1.165) is 22.4 Å². The van der Waals surface area contributed by atoms with Gasteiger partial charge in [0.1, 0.15) is 11.7 Å². The molecule has 2 aromatic rings. The van der Waals surface area contributed by atoms with Crippen molar-refractivity contribution in [1.29, 1.82) is 0 Å². The number of esters is 1. The van der Waals surface area contributed by atoms with Gasteiger partial charge in [0.25, 0.3) is 0 Å². The molecule has 0 fully saturated rings. The van der Waals surface area contributed by atoms with Gasteiger partial charge < -0.3 is 9.47 Å². The fourth-order valence-corrected chi connectivity index (χ4v) is 3.92. The maximum absolute atomic E-state index is 13.0. The quantitative estimate of drug-likeness (QED) is 0.505. The third-order valence-electron chi connectivity index (χ3n) is 5.49. The molecule has 0 saturated carbocycles. The number of hydrogen-bond donors (Lipinski definition) is 0. The van der Waals surface area contributed by atoms with Crippen molar-refractivity contribution in [2.24, 2.45) is 5.92 Å². The van der Waals surface area contributed by atoms with E-state index in [1.807, 2.05) is 36.4 Å². The molecule has 0 amide bonds. The number of carbonyl (C=O) groups excluding carboxylic acids is 2. The molecule has 2 atom stereocenters. The van der Waals surface area contributed by atoms with Gasteiger partial charge in [0.2, 0.25) is 0 Å². The molecule has 0 aliphatic heterocycles. The summed E-state index contributed by atoms with van der Waals surface area (Å²) in [6.07, 6.45) is 2.15. The Morgan fingerprint density at radius 3 is 2.41 bits per heavy atom. The Hall–Kier alpha value is -2.88. The molecular formula is C25H28O4. The van der Waals surface area contributed by atoms with Crippen molar-refractivity contribution in [2.45, 2.75) is 39.0 Å². The van der Waals surface area contributed by atoms with E-state index in [0.29, 0.717) is 12.3 Å². The minimum absolute atomic E-state index is 0.214. The molecule has 4 nitrogen and oxygen atoms in total. The number of carbonyl (C=O) groups is 2. The maximum atomic E-state index is 13.0. The molecule has 1 aliphatic carbocycles. The maximum Gasteiger partial charge on any atom is 0.317 e. The summed E-state index contributed by atoms with van der Waals surface area (Å²) in [5, 5.41) is 0. The van der Waals surface area contributed by atoms with Gasteiger partial charge in [0.05, 0.1) is 13.7 Å². The second-order valence-corrected chi connectivity index (χ2v) is 7.63. The van der Waals surface area contributed by atoms with Gasteiger partial charge in [-0.2, -0.15) is 0 Å². The lowest BCUT2D eigenvalue weighted by Crippen LogP contribution is -2.34. The fraction of sp³-hybridized carbons (Fsp3) is 0.360. The molecule has 29 heavy (non-hydrogen) atoms. The summed E-state index contributed by atoms with van der Waals surface area (Å²) in [6.45, 7) is 6.30. The molecule has 2 unspecified atom stereocenters. The van der Waals surface area contributed by atoms with Crippen molar-refractivity contribution in [2.75, 3.05) is 13.7 Å². The Labute approximate surface area is 172 Å². The van der Waals surface area contributed by atoms with Crippen molar-refractivity contribution in [3.8, 4) is 5.75 Å². The highest BCUT2D eigenvalue weighted by Gasteiger charge is 2.40. The minimum atomic E-state index is -0.821. The van der Waals surface area contributed by atoms with Crippen molar-refractivity contribution in [3.63, 3.8) is 0 Å². The van der Waals surface area contributed by atoms with Crippen LogP contribution in [0.5, 0.6) is 5.75 Å². The largest absolute Gasteiger partial charge is 0.496 e. The Balaban J connectivity index is 2.03. The smallest absolute Gasteiger partial charge is 0.317 e. The number of benzene rings is 2. The number of allylic oxidation sites excluding steroid dienone is 2. The lowest BCUT2D eigenvalue weighted by Gasteiger charge is -2.30. The first kappa shape index (κ1) is 20.8. The van der Waals surface area contributed by atoms with Crippen LogP contribution in [0.3, 0.4) is 0 Å². The second kappa shape index (κ2) is 9.08. The lowest BCUT2D eigenvalue weighted by molar-refractivity contribution is -0.151. The first-order chi connectivity index (χ1) is 14.0. The average molecular weight is 392 g/mol. The fourth-order valence-electron chi connectivity index (χ4n) is 3.92. The third-order valence-corrected chi connectivity index (χ3v) is 5.49. The average Bonchev–Trinajstić information content (AvgIpc) is 2.73. The highest BCUT2D eigenvalue weighted by atomic mass is 16.5. The van der Waals surface area contributed by atoms with Crippen molar-refractivity contribution >= 4 is 17.3 Å². The molecule has 152 valence electrons. The molecule has 4 heteroatoms. The summed E-state index contributed by atoms with van der Waals surface area (Å²) in [7, 11) is 1.62. The number of ketones is 1. The van der Waals surface area contributed by atoms with E-state index in [9.17, 15) is 9.59 Å². The van der Waals surface area contributed by atoms with Crippen LogP contribution in [-0.2, 0) is 14.3 Å². The topological polar surface area (TPSA) is 52.6 Å². The molecule has 0 spiro atoms. The third kappa shape index (κ3) is 4.42. The van der Waals surface area contributed by atoms with E-state index >= 15 is 0 Å². The Kier molecular flexibility index (Phi) is 6.53. The molecule has 2 aromatic carbocycles. The summed E-state index contributed by atoms with van der Waals surface area (Å²) in [5.74, 6) is -0.623. The van der Waals surface area contributed by atoms with E-state index in [2.05, 4.69) is 26.0 Å². The van der Waals surface area contributed by atoms with Crippen LogP contribution in [0.2, 0.25) is 0 Å². The van der Waals surface area contributed by atoms with Crippen LogP contribution in [0.4, 0.5) is 0 Å². The standard InChI is InChI=1S/C25H28O4/c1-5-29-25(27)24-21(18-12-10-17(11-13-18)16(2)3)14-19(15-22(24)26)20-8-6-7-9-23(20)28-4/h6-13,15-16,21,24H,5,14H2,1-4H3. The first-order valence-electron chi connectivity index (χ1n) is 10.1. The normalized spacial score (nSPS) is 19.1. The van der Waals surface area contributed by atoms with Gasteiger partial charge in [-0.25, -0.2) is 0 Å². The highest BCUT2D eigenvalue weighted by molar-refractivity contribution is 6.11. The second-order valence-electron chi connectivity index (χ2n) is 7.63. The van der Waals surface area contributed by atoms with Crippen molar-refractivity contribution in [1.82, 2.24) is 0 Å². The van der Waals surface area contributed by atoms with E-state index in [-0.39, 0.29) is 18.3 Å². The van der Waals surface area contributed by atoms with Crippen molar-refractivity contribution in [3.05, 3.63) is 71.3 Å². The monoisotopic (exact) mass is 392 g/mol. The molecule has 0 aromatic heterocycles. The van der Waals surface area contributed by atoms with Crippen LogP contribution in [0.15, 0.2) is 54.6 Å². The van der Waals surface area contributed by atoms with Gasteiger partial charge in [0.15, 0.2) is 5.78 Å². The van der Waals surface area contributed by atoms with Gasteiger partial charge in [-0.05, 0) is 48.1 Å². The SMILES string of the molecule is CCOC(=O)C1C(=O)C=C(c2ccccc2OC)CC1c1ccc(C(C)C)cc1. The number of hydrogen-bond acceptors (Lipinski definition) is 4. The van der Waals surface area contributed by atoms with Crippen LogP contribution >= 0.6 is 0 Å². The van der Waals surface area contributed by atoms with E-state index in [1.54, 1.807) is 20.1 Å². The van der Waals surface area contributed by atoms with E-state index < -0.39 is 11.9 Å². The van der Waals surface area contributed by atoms with E-state index in [4.69, 9.17) is 9.47 Å². The minimum Gasteiger partial charge on any atom is -0.496 e. The first-order valence-corrected chi connectivity index (χ1v) is 10.1. The van der Waals surface area contributed by atoms with Crippen LogP contribution in [0.25, 0.3) is 5.57 Å². The zero-order chi connectivity index (χ0) is 21.0. The lowest BCUT2D eigenvalue weighted by atomic mass is 9.73. The van der Waals surface area contributed by atoms with Crippen LogP contribution < -0.4 is 4.74 Å². The molecule has 0 N–H and O–H groups in total. The van der Waals surface area contributed by atoms with Crippen molar-refractivity contribution < 1.29 is 19.1 Å². The molecule has 1 aliphatic rings. The Morgan fingerprint density at radius 1 is 1.10 bits per heavy atom. The number of methoxy groups -OCH3 is 1. The van der Waals surface area contributed by atoms with Gasteiger partial charge in [-0.15, -0.1) is 0 Å². The summed E-state index contributed by atoms with van der Waals surface area (Å²) in [4.78, 5) is 25.7. The predicted molar refractivity (Wildman–Crippen MR) is 114 cm³/mol. The van der Waals surface area contributed by atoms with Crippen LogP contribution in [-0.4, -0.2) is 25.5 Å². The molecule has 0 radical (unpaired) electrons. The Bertz CT molecular complexity index is 909. The summed E-state index contributed by atoms with van der Waals surface area (Å²) < 4.78 is 10.7. The molecule has 0 heterocycles. The zero-order valence-electron chi connectivity index (χ0n) is 17.5. The molecule has 0 bridgehead atoms. The molecule has 0 saturated heterocycles.